The monoisotopic (exact) mass is 403 g/mol. The molecule has 6 nitrogen and oxygen atoms in total. The number of carbonyl (C=O) groups is 3. The summed E-state index contributed by atoms with van der Waals surface area (Å²) >= 11 is 2.90. The van der Waals surface area contributed by atoms with Gasteiger partial charge in [0.05, 0.1) is 16.1 Å². The van der Waals surface area contributed by atoms with Crippen LogP contribution >= 0.6 is 23.1 Å². The fourth-order valence-electron chi connectivity index (χ4n) is 3.13. The van der Waals surface area contributed by atoms with E-state index >= 15 is 0 Å². The van der Waals surface area contributed by atoms with Crippen molar-refractivity contribution in [3.8, 4) is 0 Å². The number of ketones is 1. The lowest BCUT2D eigenvalue weighted by molar-refractivity contribution is -0.123. The fourth-order valence-corrected chi connectivity index (χ4v) is 4.42. The van der Waals surface area contributed by atoms with Gasteiger partial charge in [-0.3, -0.25) is 14.4 Å². The van der Waals surface area contributed by atoms with Crippen molar-refractivity contribution in [2.75, 3.05) is 16.9 Å². The summed E-state index contributed by atoms with van der Waals surface area (Å²) in [5.41, 5.74) is 0.980. The predicted octanol–water partition coefficient (Wildman–Crippen LogP) is 4.21. The summed E-state index contributed by atoms with van der Waals surface area (Å²) in [5, 5.41) is 5.80. The van der Waals surface area contributed by atoms with E-state index in [9.17, 15) is 14.4 Å². The second-order valence-electron chi connectivity index (χ2n) is 6.35. The molecule has 1 heterocycles. The summed E-state index contributed by atoms with van der Waals surface area (Å²) in [6.45, 7) is 0. The van der Waals surface area contributed by atoms with Crippen LogP contribution in [-0.4, -0.2) is 28.8 Å². The Morgan fingerprint density at radius 3 is 2.56 bits per heavy atom. The van der Waals surface area contributed by atoms with Gasteiger partial charge in [-0.2, -0.15) is 0 Å². The maximum Gasteiger partial charge on any atom is 0.235 e. The summed E-state index contributed by atoms with van der Waals surface area (Å²) in [5.74, 6) is -0.794. The van der Waals surface area contributed by atoms with E-state index < -0.39 is 11.8 Å². The zero-order valence-electron chi connectivity index (χ0n) is 15.0. The van der Waals surface area contributed by atoms with Gasteiger partial charge in [0.25, 0.3) is 0 Å². The number of nitrogens with zero attached hydrogens (tertiary/aromatic N) is 1. The molecule has 1 saturated carbocycles. The molecule has 0 bridgehead atoms. The van der Waals surface area contributed by atoms with Crippen LogP contribution in [0, 0.1) is 5.92 Å². The highest BCUT2D eigenvalue weighted by Gasteiger charge is 2.26. The molecule has 1 aliphatic carbocycles. The number of amides is 2. The number of para-hydroxylation sites is 1. The molecule has 8 heteroatoms. The third kappa shape index (κ3) is 5.17. The largest absolute Gasteiger partial charge is 0.325 e. The van der Waals surface area contributed by atoms with Crippen LogP contribution in [0.25, 0.3) is 0 Å². The van der Waals surface area contributed by atoms with Crippen LogP contribution in [0.2, 0.25) is 0 Å². The molecule has 0 aliphatic heterocycles. The molecule has 142 valence electrons. The Balaban J connectivity index is 1.60. The van der Waals surface area contributed by atoms with Crippen molar-refractivity contribution in [1.82, 2.24) is 4.98 Å². The molecule has 0 spiro atoms. The zero-order chi connectivity index (χ0) is 19.2. The highest BCUT2D eigenvalue weighted by Crippen LogP contribution is 2.30. The Hall–Kier alpha value is -2.19. The Morgan fingerprint density at radius 2 is 1.85 bits per heavy atom. The second-order valence-corrected chi connectivity index (χ2v) is 8.49. The van der Waals surface area contributed by atoms with Gasteiger partial charge in [0.1, 0.15) is 6.42 Å². The first-order valence-corrected chi connectivity index (χ1v) is 10.8. The first-order valence-electron chi connectivity index (χ1n) is 8.79. The van der Waals surface area contributed by atoms with E-state index in [1.54, 1.807) is 42.2 Å². The Morgan fingerprint density at radius 1 is 1.15 bits per heavy atom. The van der Waals surface area contributed by atoms with E-state index in [0.717, 1.165) is 29.9 Å². The first-order chi connectivity index (χ1) is 13.1. The van der Waals surface area contributed by atoms with E-state index in [1.807, 2.05) is 6.26 Å². The lowest BCUT2D eigenvalue weighted by Gasteiger charge is -2.13. The Kier molecular flexibility index (Phi) is 6.63. The van der Waals surface area contributed by atoms with Crippen LogP contribution in [0.5, 0.6) is 0 Å². The van der Waals surface area contributed by atoms with E-state index in [4.69, 9.17) is 0 Å². The molecule has 0 saturated heterocycles. The van der Waals surface area contributed by atoms with Crippen LogP contribution in [0.4, 0.5) is 10.8 Å². The number of hydrogen-bond acceptors (Lipinski definition) is 6. The molecule has 1 aliphatic rings. The maximum absolute atomic E-state index is 12.7. The highest BCUT2D eigenvalue weighted by atomic mass is 32.2. The zero-order valence-corrected chi connectivity index (χ0v) is 16.6. The van der Waals surface area contributed by atoms with Gasteiger partial charge >= 0.3 is 0 Å². The van der Waals surface area contributed by atoms with Crippen molar-refractivity contribution in [1.29, 1.82) is 0 Å². The summed E-state index contributed by atoms with van der Waals surface area (Å²) in [6.07, 6.45) is 7.21. The minimum atomic E-state index is -0.458. The van der Waals surface area contributed by atoms with Crippen LogP contribution in [-0.2, 0) is 9.59 Å². The lowest BCUT2D eigenvalue weighted by Crippen LogP contribution is -2.23. The van der Waals surface area contributed by atoms with Gasteiger partial charge in [0.15, 0.2) is 10.9 Å². The second kappa shape index (κ2) is 9.14. The standard InChI is InChI=1S/C19H21N3O3S2/c1-26-17-11-20-19(27-17)22-16(24)10-15(23)21-14-9-5-4-8-13(14)18(25)12-6-2-3-7-12/h4-5,8-9,11-12H,2-3,6-7,10H2,1H3,(H,21,23)(H,20,22,24). The van der Waals surface area contributed by atoms with Gasteiger partial charge < -0.3 is 10.6 Å². The molecule has 2 aromatic rings. The number of thioether (sulfide) groups is 1. The highest BCUT2D eigenvalue weighted by molar-refractivity contribution is 8.00. The van der Waals surface area contributed by atoms with Gasteiger partial charge in [-0.25, -0.2) is 4.98 Å². The number of anilines is 2. The summed E-state index contributed by atoms with van der Waals surface area (Å²) in [4.78, 5) is 41.1. The molecule has 2 N–H and O–H groups in total. The SMILES string of the molecule is CSc1cnc(NC(=O)CC(=O)Nc2ccccc2C(=O)C2CCCC2)s1. The molecule has 27 heavy (non-hydrogen) atoms. The molecule has 1 fully saturated rings. The van der Waals surface area contributed by atoms with Crippen molar-refractivity contribution in [2.24, 2.45) is 5.92 Å². The summed E-state index contributed by atoms with van der Waals surface area (Å²) in [6, 6.07) is 6.98. The van der Waals surface area contributed by atoms with Crippen molar-refractivity contribution < 1.29 is 14.4 Å². The number of hydrogen-bond donors (Lipinski definition) is 2. The van der Waals surface area contributed by atoms with Crippen LogP contribution in [0.1, 0.15) is 42.5 Å². The Bertz CT molecular complexity index is 844. The van der Waals surface area contributed by atoms with E-state index in [2.05, 4.69) is 15.6 Å². The molecule has 0 unspecified atom stereocenters. The minimum absolute atomic E-state index is 0.0295. The number of thiazole rings is 1. The van der Waals surface area contributed by atoms with Gasteiger partial charge in [0, 0.05) is 11.5 Å². The van der Waals surface area contributed by atoms with Crippen molar-refractivity contribution in [3.05, 3.63) is 36.0 Å². The predicted molar refractivity (Wildman–Crippen MR) is 109 cm³/mol. The quantitative estimate of drug-likeness (QED) is 0.411. The molecule has 1 aromatic heterocycles. The first kappa shape index (κ1) is 19.6. The van der Waals surface area contributed by atoms with Crippen LogP contribution in [0.3, 0.4) is 0 Å². The third-order valence-electron chi connectivity index (χ3n) is 4.45. The van der Waals surface area contributed by atoms with Gasteiger partial charge in [-0.1, -0.05) is 36.3 Å². The topological polar surface area (TPSA) is 88.2 Å². The lowest BCUT2D eigenvalue weighted by atomic mass is 9.95. The van der Waals surface area contributed by atoms with Crippen LogP contribution < -0.4 is 10.6 Å². The third-order valence-corrected chi connectivity index (χ3v) is 6.41. The smallest absolute Gasteiger partial charge is 0.235 e. The number of nitrogens with one attached hydrogen (secondary N) is 2. The van der Waals surface area contributed by atoms with Gasteiger partial charge in [-0.15, -0.1) is 11.8 Å². The minimum Gasteiger partial charge on any atom is -0.325 e. The average molecular weight is 404 g/mol. The summed E-state index contributed by atoms with van der Waals surface area (Å²) < 4.78 is 0.981. The van der Waals surface area contributed by atoms with Crippen molar-refractivity contribution >= 4 is 51.5 Å². The van der Waals surface area contributed by atoms with E-state index in [0.29, 0.717) is 16.4 Å². The van der Waals surface area contributed by atoms with Crippen LogP contribution in [0.15, 0.2) is 34.7 Å². The molecule has 0 radical (unpaired) electrons. The molecule has 1 aromatic carbocycles. The molecule has 0 atom stereocenters. The van der Waals surface area contributed by atoms with Gasteiger partial charge in [0.2, 0.25) is 11.8 Å². The van der Waals surface area contributed by atoms with Crippen molar-refractivity contribution in [3.63, 3.8) is 0 Å². The number of aromatic nitrogens is 1. The number of benzene rings is 1. The number of Topliss-reactive ketones (excluding diaryl/α,β-unsaturated/α-hetero) is 1. The maximum atomic E-state index is 12.7. The van der Waals surface area contributed by atoms with E-state index in [1.165, 1.54) is 11.3 Å². The van der Waals surface area contributed by atoms with E-state index in [-0.39, 0.29) is 18.1 Å². The molecular formula is C19H21N3O3S2. The average Bonchev–Trinajstić information content (AvgIpc) is 3.33. The Labute approximate surface area is 166 Å². The van der Waals surface area contributed by atoms with Gasteiger partial charge in [-0.05, 0) is 31.2 Å². The normalized spacial score (nSPS) is 14.1. The molecular weight excluding hydrogens is 382 g/mol. The molecule has 3 rings (SSSR count). The van der Waals surface area contributed by atoms with Crippen molar-refractivity contribution in [2.45, 2.75) is 36.3 Å². The number of carbonyl (C=O) groups excluding carboxylic acids is 3. The molecule has 2 amide bonds. The number of rotatable bonds is 7. The summed E-state index contributed by atoms with van der Waals surface area (Å²) in [7, 11) is 0. The fraction of sp³-hybridized carbons (Fsp3) is 0.368.